The lowest BCUT2D eigenvalue weighted by molar-refractivity contribution is 0.0777. The standard InChI is InChI=1S/C24H33N3O4/c1-15(2)12-26(6)24(30)21-14-27(16(3)4)13-20(22(21)28)23(29)25-17(5)18-9-8-10-19(11-18)31-7/h8-11,13-17H,12H2,1-7H3,(H,25,29)/t17-/m1/s1. The van der Waals surface area contributed by atoms with Crippen molar-refractivity contribution in [2.75, 3.05) is 20.7 Å². The minimum atomic E-state index is -0.562. The fourth-order valence-electron chi connectivity index (χ4n) is 3.31. The maximum atomic E-state index is 13.1. The van der Waals surface area contributed by atoms with Crippen molar-refractivity contribution in [2.24, 2.45) is 5.92 Å². The molecule has 0 unspecified atom stereocenters. The molecule has 0 fully saturated rings. The van der Waals surface area contributed by atoms with Gasteiger partial charge >= 0.3 is 0 Å². The molecule has 0 bridgehead atoms. The van der Waals surface area contributed by atoms with Crippen molar-refractivity contribution in [3.05, 3.63) is 63.6 Å². The van der Waals surface area contributed by atoms with Crippen molar-refractivity contribution >= 4 is 11.8 Å². The molecule has 0 spiro atoms. The largest absolute Gasteiger partial charge is 0.497 e. The van der Waals surface area contributed by atoms with Gasteiger partial charge in [0.25, 0.3) is 11.8 Å². The summed E-state index contributed by atoms with van der Waals surface area (Å²) in [7, 11) is 3.24. The van der Waals surface area contributed by atoms with Crippen LogP contribution in [0.1, 0.15) is 73.0 Å². The molecule has 0 aliphatic carbocycles. The summed E-state index contributed by atoms with van der Waals surface area (Å²) >= 11 is 0. The average Bonchev–Trinajstić information content (AvgIpc) is 2.72. The second-order valence-electron chi connectivity index (χ2n) is 8.51. The van der Waals surface area contributed by atoms with E-state index in [1.807, 2.05) is 58.9 Å². The number of carbonyl (C=O) groups is 2. The van der Waals surface area contributed by atoms with E-state index < -0.39 is 11.3 Å². The van der Waals surface area contributed by atoms with E-state index in [0.29, 0.717) is 12.3 Å². The van der Waals surface area contributed by atoms with E-state index in [1.165, 1.54) is 17.3 Å². The van der Waals surface area contributed by atoms with E-state index >= 15 is 0 Å². The maximum Gasteiger partial charge on any atom is 0.259 e. The van der Waals surface area contributed by atoms with Crippen molar-refractivity contribution in [1.82, 2.24) is 14.8 Å². The highest BCUT2D eigenvalue weighted by atomic mass is 16.5. The van der Waals surface area contributed by atoms with Gasteiger partial charge in [0.1, 0.15) is 16.9 Å². The Bertz CT molecular complexity index is 995. The van der Waals surface area contributed by atoms with E-state index in [0.717, 1.165) is 5.56 Å². The third-order valence-corrected chi connectivity index (χ3v) is 5.04. The van der Waals surface area contributed by atoms with Gasteiger partial charge in [-0.2, -0.15) is 0 Å². The van der Waals surface area contributed by atoms with Gasteiger partial charge in [-0.1, -0.05) is 26.0 Å². The monoisotopic (exact) mass is 427 g/mol. The minimum absolute atomic E-state index is 0.00136. The number of nitrogens with zero attached hydrogens (tertiary/aromatic N) is 2. The number of hydrogen-bond acceptors (Lipinski definition) is 4. The van der Waals surface area contributed by atoms with Gasteiger partial charge in [-0.05, 0) is 44.4 Å². The molecular weight excluding hydrogens is 394 g/mol. The van der Waals surface area contributed by atoms with E-state index in [1.54, 1.807) is 18.7 Å². The molecule has 1 atom stereocenters. The van der Waals surface area contributed by atoms with Gasteiger partial charge in [0.15, 0.2) is 0 Å². The number of rotatable bonds is 8. The second-order valence-corrected chi connectivity index (χ2v) is 8.51. The molecule has 0 aliphatic rings. The first-order chi connectivity index (χ1) is 14.5. The Balaban J connectivity index is 2.40. The molecule has 2 amide bonds. The highest BCUT2D eigenvalue weighted by molar-refractivity contribution is 5.99. The molecule has 168 valence electrons. The third kappa shape index (κ3) is 5.96. The summed E-state index contributed by atoms with van der Waals surface area (Å²) in [5, 5.41) is 2.87. The number of amides is 2. The number of ether oxygens (including phenoxy) is 1. The van der Waals surface area contributed by atoms with E-state index in [9.17, 15) is 14.4 Å². The van der Waals surface area contributed by atoms with E-state index in [-0.39, 0.29) is 35.0 Å². The summed E-state index contributed by atoms with van der Waals surface area (Å²) in [4.78, 5) is 40.6. The number of nitrogens with one attached hydrogen (secondary N) is 1. The molecule has 1 heterocycles. The fourth-order valence-corrected chi connectivity index (χ4v) is 3.31. The molecule has 0 saturated heterocycles. The lowest BCUT2D eigenvalue weighted by Gasteiger charge is -2.21. The normalized spacial score (nSPS) is 12.0. The summed E-state index contributed by atoms with van der Waals surface area (Å²) in [5.41, 5.74) is 0.236. The highest BCUT2D eigenvalue weighted by Crippen LogP contribution is 2.19. The van der Waals surface area contributed by atoms with Crippen LogP contribution in [0.5, 0.6) is 5.75 Å². The van der Waals surface area contributed by atoms with Crippen LogP contribution in [-0.4, -0.2) is 42.0 Å². The van der Waals surface area contributed by atoms with Crippen molar-refractivity contribution in [2.45, 2.75) is 46.7 Å². The lowest BCUT2D eigenvalue weighted by atomic mass is 10.1. The van der Waals surface area contributed by atoms with Crippen LogP contribution in [-0.2, 0) is 0 Å². The predicted molar refractivity (Wildman–Crippen MR) is 122 cm³/mol. The number of benzene rings is 1. The van der Waals surface area contributed by atoms with Gasteiger partial charge < -0.3 is 19.5 Å². The minimum Gasteiger partial charge on any atom is -0.497 e. The van der Waals surface area contributed by atoms with Gasteiger partial charge in [0.2, 0.25) is 5.43 Å². The van der Waals surface area contributed by atoms with Gasteiger partial charge in [-0.25, -0.2) is 0 Å². The zero-order chi connectivity index (χ0) is 23.3. The smallest absolute Gasteiger partial charge is 0.259 e. The summed E-state index contributed by atoms with van der Waals surface area (Å²) in [6, 6.07) is 7.00. The Hall–Kier alpha value is -3.09. The number of hydrogen-bond donors (Lipinski definition) is 1. The molecule has 1 aromatic carbocycles. The zero-order valence-electron chi connectivity index (χ0n) is 19.4. The highest BCUT2D eigenvalue weighted by Gasteiger charge is 2.23. The third-order valence-electron chi connectivity index (χ3n) is 5.04. The molecule has 0 radical (unpaired) electrons. The SMILES string of the molecule is COc1cccc([C@@H](C)NC(=O)c2cn(C(C)C)cc(C(=O)N(C)CC(C)C)c2=O)c1. The zero-order valence-corrected chi connectivity index (χ0v) is 19.4. The Kier molecular flexibility index (Phi) is 8.02. The Morgan fingerprint density at radius 2 is 1.74 bits per heavy atom. The van der Waals surface area contributed by atoms with Gasteiger partial charge in [-0.3, -0.25) is 14.4 Å². The van der Waals surface area contributed by atoms with Crippen molar-refractivity contribution < 1.29 is 14.3 Å². The summed E-state index contributed by atoms with van der Waals surface area (Å²) in [6.45, 7) is 10.2. The number of carbonyl (C=O) groups excluding carboxylic acids is 2. The topological polar surface area (TPSA) is 80.6 Å². The molecule has 1 aromatic heterocycles. The van der Waals surface area contributed by atoms with Crippen LogP contribution in [0.3, 0.4) is 0 Å². The molecule has 2 rings (SSSR count). The Morgan fingerprint density at radius 3 is 2.32 bits per heavy atom. The summed E-state index contributed by atoms with van der Waals surface area (Å²) in [5.74, 6) is 0.0393. The van der Waals surface area contributed by atoms with Crippen LogP contribution >= 0.6 is 0 Å². The van der Waals surface area contributed by atoms with Crippen LogP contribution in [0.25, 0.3) is 0 Å². The molecular formula is C24H33N3O4. The van der Waals surface area contributed by atoms with Crippen LogP contribution in [0.4, 0.5) is 0 Å². The van der Waals surface area contributed by atoms with Crippen LogP contribution in [0.2, 0.25) is 0 Å². The number of methoxy groups -OCH3 is 1. The van der Waals surface area contributed by atoms with Crippen LogP contribution < -0.4 is 15.5 Å². The van der Waals surface area contributed by atoms with Gasteiger partial charge in [0.05, 0.1) is 13.2 Å². The molecule has 2 aromatic rings. The molecule has 31 heavy (non-hydrogen) atoms. The first kappa shape index (κ1) is 24.2. The van der Waals surface area contributed by atoms with E-state index in [4.69, 9.17) is 4.74 Å². The van der Waals surface area contributed by atoms with Crippen LogP contribution in [0, 0.1) is 5.92 Å². The van der Waals surface area contributed by atoms with Crippen molar-refractivity contribution in [1.29, 1.82) is 0 Å². The average molecular weight is 428 g/mol. The van der Waals surface area contributed by atoms with Crippen molar-refractivity contribution in [3.63, 3.8) is 0 Å². The van der Waals surface area contributed by atoms with E-state index in [2.05, 4.69) is 5.32 Å². The van der Waals surface area contributed by atoms with Crippen molar-refractivity contribution in [3.8, 4) is 5.75 Å². The molecule has 7 nitrogen and oxygen atoms in total. The quantitative estimate of drug-likeness (QED) is 0.697. The first-order valence-corrected chi connectivity index (χ1v) is 10.5. The summed E-state index contributed by atoms with van der Waals surface area (Å²) in [6.07, 6.45) is 3.05. The number of aromatic nitrogens is 1. The number of pyridine rings is 1. The maximum absolute atomic E-state index is 13.1. The Morgan fingerprint density at radius 1 is 1.10 bits per heavy atom. The predicted octanol–water partition coefficient (Wildman–Crippen LogP) is 3.66. The Labute approximate surface area is 184 Å². The lowest BCUT2D eigenvalue weighted by Crippen LogP contribution is -2.38. The second kappa shape index (κ2) is 10.3. The molecule has 1 N–H and O–H groups in total. The fraction of sp³-hybridized carbons (Fsp3) is 0.458. The molecule has 7 heteroatoms. The first-order valence-electron chi connectivity index (χ1n) is 10.5. The van der Waals surface area contributed by atoms with Crippen LogP contribution in [0.15, 0.2) is 41.5 Å². The van der Waals surface area contributed by atoms with Gasteiger partial charge in [-0.15, -0.1) is 0 Å². The summed E-state index contributed by atoms with van der Waals surface area (Å²) < 4.78 is 6.96. The van der Waals surface area contributed by atoms with Gasteiger partial charge in [0, 0.05) is 32.0 Å². The molecule has 0 aliphatic heterocycles. The molecule has 0 saturated carbocycles.